The summed E-state index contributed by atoms with van der Waals surface area (Å²) in [6, 6.07) is 0. The van der Waals surface area contributed by atoms with Crippen LogP contribution >= 0.6 is 15.9 Å². The third-order valence-electron chi connectivity index (χ3n) is 1.39. The molecule has 1 heterocycles. The Bertz CT molecular complexity index is 328. The molecule has 4 nitrogen and oxygen atoms in total. The molecule has 0 saturated heterocycles. The van der Waals surface area contributed by atoms with E-state index in [1.165, 1.54) is 6.20 Å². The minimum atomic E-state index is -0.431. The van der Waals surface area contributed by atoms with Crippen LogP contribution in [0.25, 0.3) is 0 Å². The highest BCUT2D eigenvalue weighted by Crippen LogP contribution is 2.08. The highest BCUT2D eigenvalue weighted by Gasteiger charge is 2.12. The fourth-order valence-electron chi connectivity index (χ4n) is 0.853. The number of halogens is 1. The van der Waals surface area contributed by atoms with Gasteiger partial charge in [-0.1, -0.05) is 0 Å². The molecule has 0 saturated carbocycles. The summed E-state index contributed by atoms with van der Waals surface area (Å²) >= 11 is 3.16. The van der Waals surface area contributed by atoms with E-state index < -0.39 is 5.97 Å². The van der Waals surface area contributed by atoms with Crippen LogP contribution in [0.3, 0.4) is 0 Å². The van der Waals surface area contributed by atoms with E-state index in [4.69, 9.17) is 4.74 Å². The molecule has 0 radical (unpaired) electrons. The molecule has 0 spiro atoms. The summed E-state index contributed by atoms with van der Waals surface area (Å²) in [4.78, 5) is 19.2. The number of rotatable bonds is 2. The van der Waals surface area contributed by atoms with Gasteiger partial charge in [-0.05, 0) is 29.8 Å². The molecular weight excluding hydrogens is 236 g/mol. The lowest BCUT2D eigenvalue weighted by Crippen LogP contribution is -2.10. The third kappa shape index (κ3) is 2.48. The number of esters is 1. The normalized spacial score (nSPS) is 9.77. The third-order valence-corrected chi connectivity index (χ3v) is 1.77. The van der Waals surface area contributed by atoms with Gasteiger partial charge in [-0.2, -0.15) is 0 Å². The lowest BCUT2D eigenvalue weighted by Gasteiger charge is -2.02. The number of hydrogen-bond acceptors (Lipinski definition) is 4. The molecule has 0 unspecified atom stereocenters. The van der Waals surface area contributed by atoms with E-state index in [1.54, 1.807) is 13.8 Å². The van der Waals surface area contributed by atoms with Crippen LogP contribution < -0.4 is 0 Å². The van der Waals surface area contributed by atoms with Gasteiger partial charge in [0, 0.05) is 0 Å². The van der Waals surface area contributed by atoms with Gasteiger partial charge in [-0.15, -0.1) is 0 Å². The Morgan fingerprint density at radius 1 is 1.69 bits per heavy atom. The van der Waals surface area contributed by atoms with E-state index in [1.807, 2.05) is 0 Å². The lowest BCUT2D eigenvalue weighted by molar-refractivity contribution is 0.0518. The Hall–Kier alpha value is -0.970. The molecule has 0 aliphatic rings. The van der Waals surface area contributed by atoms with Crippen molar-refractivity contribution in [3.05, 3.63) is 22.2 Å². The van der Waals surface area contributed by atoms with Crippen LogP contribution in [0.5, 0.6) is 0 Å². The Morgan fingerprint density at radius 2 is 2.38 bits per heavy atom. The number of ether oxygens (including phenoxy) is 1. The number of hydrogen-bond donors (Lipinski definition) is 0. The van der Waals surface area contributed by atoms with Crippen molar-refractivity contribution >= 4 is 21.9 Å². The number of carbonyl (C=O) groups is 1. The molecule has 0 fully saturated rings. The summed E-state index contributed by atoms with van der Waals surface area (Å²) < 4.78 is 5.40. The molecule has 13 heavy (non-hydrogen) atoms. The molecule has 1 rings (SSSR count). The average molecular weight is 245 g/mol. The van der Waals surface area contributed by atoms with E-state index in [-0.39, 0.29) is 5.69 Å². The van der Waals surface area contributed by atoms with E-state index in [0.29, 0.717) is 16.9 Å². The maximum atomic E-state index is 11.2. The van der Waals surface area contributed by atoms with Crippen LogP contribution in [0.1, 0.15) is 23.1 Å². The van der Waals surface area contributed by atoms with Gasteiger partial charge >= 0.3 is 5.97 Å². The summed E-state index contributed by atoms with van der Waals surface area (Å²) in [6.45, 7) is 3.81. The SMILES string of the molecule is CCOC(=O)c1ncc(Br)nc1C. The Kier molecular flexibility index (Phi) is 3.36. The molecule has 0 aromatic carbocycles. The van der Waals surface area contributed by atoms with Gasteiger partial charge in [0.1, 0.15) is 4.60 Å². The second kappa shape index (κ2) is 4.32. The van der Waals surface area contributed by atoms with Crippen molar-refractivity contribution in [1.29, 1.82) is 0 Å². The molecule has 5 heteroatoms. The van der Waals surface area contributed by atoms with Crippen LogP contribution in [0.2, 0.25) is 0 Å². The molecule has 0 atom stereocenters. The Morgan fingerprint density at radius 3 is 2.92 bits per heavy atom. The van der Waals surface area contributed by atoms with Crippen molar-refractivity contribution in [2.24, 2.45) is 0 Å². The second-order valence-electron chi connectivity index (χ2n) is 2.35. The van der Waals surface area contributed by atoms with Crippen LogP contribution in [0.15, 0.2) is 10.8 Å². The predicted octanol–water partition coefficient (Wildman–Crippen LogP) is 1.72. The molecule has 0 amide bonds. The first-order valence-electron chi connectivity index (χ1n) is 3.81. The van der Waals surface area contributed by atoms with Crippen molar-refractivity contribution in [3.63, 3.8) is 0 Å². The maximum absolute atomic E-state index is 11.2. The fourth-order valence-corrected chi connectivity index (χ4v) is 1.22. The van der Waals surface area contributed by atoms with Crippen LogP contribution in [0.4, 0.5) is 0 Å². The van der Waals surface area contributed by atoms with E-state index >= 15 is 0 Å². The van der Waals surface area contributed by atoms with Gasteiger partial charge in [0.25, 0.3) is 0 Å². The predicted molar refractivity (Wildman–Crippen MR) is 50.4 cm³/mol. The summed E-state index contributed by atoms with van der Waals surface area (Å²) in [5.74, 6) is -0.431. The minimum absolute atomic E-state index is 0.269. The molecule has 1 aromatic heterocycles. The molecule has 0 N–H and O–H groups in total. The van der Waals surface area contributed by atoms with Crippen molar-refractivity contribution in [1.82, 2.24) is 9.97 Å². The number of nitrogens with zero attached hydrogens (tertiary/aromatic N) is 2. The minimum Gasteiger partial charge on any atom is -0.461 e. The van der Waals surface area contributed by atoms with Crippen molar-refractivity contribution < 1.29 is 9.53 Å². The standard InChI is InChI=1S/C8H9BrN2O2/c1-3-13-8(12)7-5(2)11-6(9)4-10-7/h4H,3H2,1-2H3. The molecular formula is C8H9BrN2O2. The Balaban J connectivity index is 2.95. The smallest absolute Gasteiger partial charge is 0.358 e. The zero-order valence-corrected chi connectivity index (χ0v) is 8.96. The highest BCUT2D eigenvalue weighted by atomic mass is 79.9. The molecule has 1 aromatic rings. The topological polar surface area (TPSA) is 52.1 Å². The first kappa shape index (κ1) is 10.1. The van der Waals surface area contributed by atoms with Crippen molar-refractivity contribution in [3.8, 4) is 0 Å². The first-order chi connectivity index (χ1) is 6.15. The monoisotopic (exact) mass is 244 g/mol. The summed E-state index contributed by atoms with van der Waals surface area (Å²) in [5, 5.41) is 0. The van der Waals surface area contributed by atoms with Gasteiger partial charge < -0.3 is 4.74 Å². The van der Waals surface area contributed by atoms with Crippen molar-refractivity contribution in [2.75, 3.05) is 6.61 Å². The highest BCUT2D eigenvalue weighted by molar-refractivity contribution is 9.10. The Labute approximate surface area is 84.5 Å². The van der Waals surface area contributed by atoms with Crippen molar-refractivity contribution in [2.45, 2.75) is 13.8 Å². The quantitative estimate of drug-likeness (QED) is 0.744. The first-order valence-corrected chi connectivity index (χ1v) is 4.60. The zero-order valence-electron chi connectivity index (χ0n) is 7.37. The van der Waals surface area contributed by atoms with Crippen LogP contribution in [-0.2, 0) is 4.74 Å². The summed E-state index contributed by atoms with van der Waals surface area (Å²) in [7, 11) is 0. The molecule has 0 bridgehead atoms. The summed E-state index contributed by atoms with van der Waals surface area (Å²) in [5.41, 5.74) is 0.831. The number of carbonyl (C=O) groups excluding carboxylic acids is 1. The number of aryl methyl sites for hydroxylation is 1. The molecule has 0 aliphatic heterocycles. The largest absolute Gasteiger partial charge is 0.461 e. The van der Waals surface area contributed by atoms with E-state index in [0.717, 1.165) is 0 Å². The van der Waals surface area contributed by atoms with Gasteiger partial charge in [-0.25, -0.2) is 14.8 Å². The lowest BCUT2D eigenvalue weighted by atomic mass is 10.3. The van der Waals surface area contributed by atoms with Gasteiger partial charge in [0.15, 0.2) is 5.69 Å². The van der Waals surface area contributed by atoms with Gasteiger partial charge in [0.05, 0.1) is 18.5 Å². The van der Waals surface area contributed by atoms with Gasteiger partial charge in [-0.3, -0.25) is 0 Å². The van der Waals surface area contributed by atoms with E-state index in [9.17, 15) is 4.79 Å². The van der Waals surface area contributed by atoms with Gasteiger partial charge in [0.2, 0.25) is 0 Å². The fraction of sp³-hybridized carbons (Fsp3) is 0.375. The molecule has 70 valence electrons. The van der Waals surface area contributed by atoms with E-state index in [2.05, 4.69) is 25.9 Å². The number of aromatic nitrogens is 2. The average Bonchev–Trinajstić information content (AvgIpc) is 2.04. The van der Waals surface area contributed by atoms with Crippen LogP contribution in [0, 0.1) is 6.92 Å². The zero-order chi connectivity index (χ0) is 9.84. The van der Waals surface area contributed by atoms with Crippen LogP contribution in [-0.4, -0.2) is 22.5 Å². The second-order valence-corrected chi connectivity index (χ2v) is 3.16. The maximum Gasteiger partial charge on any atom is 0.358 e. The molecule has 0 aliphatic carbocycles. The summed E-state index contributed by atoms with van der Waals surface area (Å²) in [6.07, 6.45) is 1.47.